The van der Waals surface area contributed by atoms with Crippen molar-refractivity contribution < 1.29 is 80.2 Å². The van der Waals surface area contributed by atoms with Crippen LogP contribution in [0.5, 0.6) is 0 Å². The van der Waals surface area contributed by atoms with Gasteiger partial charge in [0.1, 0.15) is 19.3 Å². The highest BCUT2D eigenvalue weighted by atomic mass is 31.2. The van der Waals surface area contributed by atoms with E-state index in [1.807, 2.05) is 0 Å². The highest BCUT2D eigenvalue weighted by Crippen LogP contribution is 2.45. The molecule has 17 nitrogen and oxygen atoms in total. The van der Waals surface area contributed by atoms with Gasteiger partial charge in [0.15, 0.2) is 12.2 Å². The first kappa shape index (κ1) is 95.1. The number of phosphoric acid groups is 2. The molecule has 0 radical (unpaired) electrons. The summed E-state index contributed by atoms with van der Waals surface area (Å²) in [6.07, 6.45) is 64.3. The van der Waals surface area contributed by atoms with E-state index < -0.39 is 97.5 Å². The first-order valence-corrected chi connectivity index (χ1v) is 43.8. The largest absolute Gasteiger partial charge is 0.472 e. The molecule has 0 saturated carbocycles. The highest BCUT2D eigenvalue weighted by molar-refractivity contribution is 7.47. The molecule has 0 spiro atoms. The molecule has 0 fully saturated rings. The van der Waals surface area contributed by atoms with Crippen molar-refractivity contribution in [2.75, 3.05) is 39.6 Å². The lowest BCUT2D eigenvalue weighted by Crippen LogP contribution is -2.30. The summed E-state index contributed by atoms with van der Waals surface area (Å²) >= 11 is 0. The third kappa shape index (κ3) is 72.2. The Hall–Kier alpha value is -1.94. The molecule has 0 bridgehead atoms. The molecule has 0 aliphatic rings. The van der Waals surface area contributed by atoms with E-state index in [0.29, 0.717) is 25.7 Å². The number of esters is 4. The number of hydrogen-bond donors (Lipinski definition) is 3. The lowest BCUT2D eigenvalue weighted by molar-refractivity contribution is -0.161. The van der Waals surface area contributed by atoms with Crippen LogP contribution in [0.1, 0.15) is 419 Å². The normalized spacial score (nSPS) is 13.8. The van der Waals surface area contributed by atoms with Crippen LogP contribution >= 0.6 is 15.6 Å². The molecule has 0 aromatic rings. The first-order valence-electron chi connectivity index (χ1n) is 40.8. The third-order valence-corrected chi connectivity index (χ3v) is 20.3. The quantitative estimate of drug-likeness (QED) is 0.0222. The van der Waals surface area contributed by atoms with E-state index in [4.69, 9.17) is 37.0 Å². The van der Waals surface area contributed by atoms with Crippen LogP contribution in [-0.4, -0.2) is 96.7 Å². The minimum Gasteiger partial charge on any atom is -0.462 e. The molecule has 0 aliphatic heterocycles. The van der Waals surface area contributed by atoms with Crippen LogP contribution in [0.25, 0.3) is 0 Å². The SMILES string of the molecule is CCCCCCCCCCCCCCCCCCCCCCCCC(=O)O[C@H](COC(=O)CCCCCCCCCCCCCCCCCCCCC)COP(=O)(O)OC[C@@H](O)COP(=O)(O)OC[C@@H](COC(=O)CCCCCCCCC)OC(=O)CCCCCCCCCCC. The summed E-state index contributed by atoms with van der Waals surface area (Å²) in [4.78, 5) is 72.6. The summed E-state index contributed by atoms with van der Waals surface area (Å²) in [5.74, 6) is -2.12. The molecule has 0 amide bonds. The maximum absolute atomic E-state index is 13.1. The highest BCUT2D eigenvalue weighted by Gasteiger charge is 2.30. The van der Waals surface area contributed by atoms with Crippen molar-refractivity contribution >= 4 is 39.5 Å². The Morgan fingerprint density at radius 1 is 0.247 bits per heavy atom. The van der Waals surface area contributed by atoms with Crippen LogP contribution in [0.15, 0.2) is 0 Å². The van der Waals surface area contributed by atoms with Crippen LogP contribution < -0.4 is 0 Å². The zero-order valence-electron chi connectivity index (χ0n) is 63.1. The van der Waals surface area contributed by atoms with E-state index in [9.17, 15) is 43.2 Å². The van der Waals surface area contributed by atoms with Gasteiger partial charge in [0.25, 0.3) is 0 Å². The van der Waals surface area contributed by atoms with Crippen LogP contribution in [0, 0.1) is 0 Å². The molecular weight excluding hydrogens is 1270 g/mol. The molecule has 2 unspecified atom stereocenters. The van der Waals surface area contributed by atoms with Gasteiger partial charge in [-0.2, -0.15) is 0 Å². The van der Waals surface area contributed by atoms with Crippen molar-refractivity contribution in [2.24, 2.45) is 0 Å². The summed E-state index contributed by atoms with van der Waals surface area (Å²) in [7, 11) is -9.90. The standard InChI is InChI=1S/C78H152O17P2/c1-5-9-13-17-21-24-26-28-30-32-34-35-36-38-40-42-44-46-49-53-57-61-65-78(83)95-74(69-89-76(81)63-59-55-51-48-45-43-41-39-37-33-31-29-27-25-22-18-14-10-6-2)71-93-97(86,87)91-67-72(79)66-90-96(84,85)92-70-73(68-88-75(80)62-58-54-50-20-16-12-8-4)94-77(82)64-60-56-52-47-23-19-15-11-7-3/h72-74,79H,5-71H2,1-4H3,(H,84,85)(H,86,87)/t72-,73+,74+/m0/s1. The van der Waals surface area contributed by atoms with Crippen molar-refractivity contribution in [1.82, 2.24) is 0 Å². The number of phosphoric ester groups is 2. The van der Waals surface area contributed by atoms with Gasteiger partial charge in [-0.25, -0.2) is 9.13 Å². The maximum atomic E-state index is 13.1. The van der Waals surface area contributed by atoms with Crippen LogP contribution in [-0.2, 0) is 65.4 Å². The van der Waals surface area contributed by atoms with Gasteiger partial charge < -0.3 is 33.8 Å². The molecule has 0 heterocycles. The molecule has 3 N–H and O–H groups in total. The molecule has 0 aromatic heterocycles. The molecular formula is C78H152O17P2. The Kier molecular flexibility index (Phi) is 71.0. The van der Waals surface area contributed by atoms with Gasteiger partial charge in [0, 0.05) is 25.7 Å². The second kappa shape index (κ2) is 72.4. The molecule has 97 heavy (non-hydrogen) atoms. The Labute approximate surface area is 594 Å². The number of ether oxygens (including phenoxy) is 4. The minimum atomic E-state index is -4.96. The molecule has 5 atom stereocenters. The fourth-order valence-corrected chi connectivity index (χ4v) is 13.7. The topological polar surface area (TPSA) is 237 Å². The molecule has 0 saturated heterocycles. The van der Waals surface area contributed by atoms with Crippen molar-refractivity contribution in [3.63, 3.8) is 0 Å². The number of carbonyl (C=O) groups excluding carboxylic acids is 4. The van der Waals surface area contributed by atoms with Gasteiger partial charge in [0.2, 0.25) is 0 Å². The van der Waals surface area contributed by atoms with E-state index in [1.165, 1.54) is 238 Å². The third-order valence-electron chi connectivity index (χ3n) is 18.4. The summed E-state index contributed by atoms with van der Waals surface area (Å²) in [5, 5.41) is 10.6. The smallest absolute Gasteiger partial charge is 0.462 e. The number of hydrogen-bond acceptors (Lipinski definition) is 15. The summed E-state index contributed by atoms with van der Waals surface area (Å²) in [5.41, 5.74) is 0. The van der Waals surface area contributed by atoms with E-state index in [2.05, 4.69) is 27.7 Å². The second-order valence-corrected chi connectivity index (χ2v) is 31.0. The van der Waals surface area contributed by atoms with Gasteiger partial charge in [-0.05, 0) is 25.7 Å². The first-order chi connectivity index (χ1) is 47.2. The van der Waals surface area contributed by atoms with E-state index in [0.717, 1.165) is 103 Å². The molecule has 576 valence electrons. The second-order valence-electron chi connectivity index (χ2n) is 28.1. The van der Waals surface area contributed by atoms with Gasteiger partial charge >= 0.3 is 39.5 Å². The van der Waals surface area contributed by atoms with Crippen molar-refractivity contribution in [3.05, 3.63) is 0 Å². The zero-order valence-corrected chi connectivity index (χ0v) is 64.8. The Bertz CT molecular complexity index is 1840. The molecule has 0 aliphatic carbocycles. The summed E-state index contributed by atoms with van der Waals surface area (Å²) in [6, 6.07) is 0. The average molecular weight is 1420 g/mol. The predicted molar refractivity (Wildman–Crippen MR) is 395 cm³/mol. The molecule has 19 heteroatoms. The number of aliphatic hydroxyl groups is 1. The Balaban J connectivity index is 5.11. The maximum Gasteiger partial charge on any atom is 0.472 e. The van der Waals surface area contributed by atoms with Gasteiger partial charge in [0.05, 0.1) is 26.4 Å². The van der Waals surface area contributed by atoms with E-state index in [1.54, 1.807) is 0 Å². The summed E-state index contributed by atoms with van der Waals surface area (Å²) in [6.45, 7) is 4.93. The number of aliphatic hydroxyl groups excluding tert-OH is 1. The zero-order chi connectivity index (χ0) is 71.1. The minimum absolute atomic E-state index is 0.106. The fourth-order valence-electron chi connectivity index (χ4n) is 12.1. The number of rotatable bonds is 79. The van der Waals surface area contributed by atoms with Gasteiger partial charge in [-0.1, -0.05) is 368 Å². The molecule has 0 rings (SSSR count). The van der Waals surface area contributed by atoms with Gasteiger partial charge in [-0.15, -0.1) is 0 Å². The average Bonchev–Trinajstić information content (AvgIpc) is 3.01. The summed E-state index contributed by atoms with van der Waals surface area (Å²) < 4.78 is 68.4. The monoisotopic (exact) mass is 1420 g/mol. The Morgan fingerprint density at radius 2 is 0.412 bits per heavy atom. The Morgan fingerprint density at radius 3 is 0.608 bits per heavy atom. The van der Waals surface area contributed by atoms with Crippen LogP contribution in [0.2, 0.25) is 0 Å². The van der Waals surface area contributed by atoms with Crippen LogP contribution in [0.4, 0.5) is 0 Å². The number of unbranched alkanes of at least 4 members (excludes halogenated alkanes) is 53. The van der Waals surface area contributed by atoms with E-state index in [-0.39, 0.29) is 25.7 Å². The fraction of sp³-hybridized carbons (Fsp3) is 0.949. The van der Waals surface area contributed by atoms with E-state index >= 15 is 0 Å². The lowest BCUT2D eigenvalue weighted by atomic mass is 10.0. The van der Waals surface area contributed by atoms with Crippen molar-refractivity contribution in [3.8, 4) is 0 Å². The van der Waals surface area contributed by atoms with Crippen molar-refractivity contribution in [2.45, 2.75) is 438 Å². The van der Waals surface area contributed by atoms with Crippen molar-refractivity contribution in [1.29, 1.82) is 0 Å². The lowest BCUT2D eigenvalue weighted by Gasteiger charge is -2.21. The van der Waals surface area contributed by atoms with Crippen LogP contribution in [0.3, 0.4) is 0 Å². The predicted octanol–water partition coefficient (Wildman–Crippen LogP) is 23.4. The van der Waals surface area contributed by atoms with Gasteiger partial charge in [-0.3, -0.25) is 37.3 Å². The molecule has 0 aromatic carbocycles. The number of carbonyl (C=O) groups is 4.